The van der Waals surface area contributed by atoms with Gasteiger partial charge in [0.05, 0.1) is 0 Å². The van der Waals surface area contributed by atoms with E-state index in [1.165, 1.54) is 0 Å². The van der Waals surface area contributed by atoms with E-state index in [1.807, 2.05) is 23.6 Å². The molecular formula is C27H43N5O7. The molecule has 39 heavy (non-hydrogen) atoms. The molecule has 218 valence electrons. The highest BCUT2D eigenvalue weighted by Gasteiger charge is 2.32. The van der Waals surface area contributed by atoms with E-state index in [1.54, 1.807) is 60.6 Å². The lowest BCUT2D eigenvalue weighted by Crippen LogP contribution is -2.59. The Morgan fingerprint density at radius 1 is 0.821 bits per heavy atom. The predicted molar refractivity (Wildman–Crippen MR) is 144 cm³/mol. The molecule has 1 aromatic carbocycles. The SMILES string of the molecule is CC(C)[C@H](NC(=O)OCc1ccccc1)C(=O)N[C@@H](CCC(=O)OC(C)(C)C)C(=O)N[C@H](C(=O)NN)C(C)C. The number of esters is 1. The molecule has 1 rings (SSSR count). The van der Waals surface area contributed by atoms with Crippen molar-refractivity contribution in [2.45, 2.75) is 91.6 Å². The molecule has 0 aromatic heterocycles. The number of ether oxygens (including phenoxy) is 2. The van der Waals surface area contributed by atoms with Gasteiger partial charge in [-0.15, -0.1) is 0 Å². The number of alkyl carbamates (subject to hydrolysis) is 1. The van der Waals surface area contributed by atoms with Crippen molar-refractivity contribution in [1.82, 2.24) is 21.4 Å². The average Bonchev–Trinajstić information content (AvgIpc) is 2.85. The molecule has 0 radical (unpaired) electrons. The predicted octanol–water partition coefficient (Wildman–Crippen LogP) is 1.67. The van der Waals surface area contributed by atoms with Gasteiger partial charge in [0.25, 0.3) is 5.91 Å². The van der Waals surface area contributed by atoms with Gasteiger partial charge >= 0.3 is 12.1 Å². The number of amides is 4. The summed E-state index contributed by atoms with van der Waals surface area (Å²) < 4.78 is 10.5. The summed E-state index contributed by atoms with van der Waals surface area (Å²) in [6.07, 6.45) is -1.09. The highest BCUT2D eigenvalue weighted by Crippen LogP contribution is 2.12. The van der Waals surface area contributed by atoms with Gasteiger partial charge in [-0.25, -0.2) is 10.6 Å². The fourth-order valence-electron chi connectivity index (χ4n) is 3.49. The van der Waals surface area contributed by atoms with Gasteiger partial charge in [-0.05, 0) is 44.6 Å². The van der Waals surface area contributed by atoms with Gasteiger partial charge < -0.3 is 25.4 Å². The van der Waals surface area contributed by atoms with Crippen LogP contribution in [-0.4, -0.2) is 53.5 Å². The molecule has 0 fully saturated rings. The van der Waals surface area contributed by atoms with Gasteiger partial charge in [-0.2, -0.15) is 0 Å². The van der Waals surface area contributed by atoms with Crippen molar-refractivity contribution in [3.05, 3.63) is 35.9 Å². The number of nitrogens with two attached hydrogens (primary N) is 1. The van der Waals surface area contributed by atoms with Crippen molar-refractivity contribution < 1.29 is 33.4 Å². The maximum absolute atomic E-state index is 13.2. The van der Waals surface area contributed by atoms with Gasteiger partial charge in [0.1, 0.15) is 30.3 Å². The zero-order chi connectivity index (χ0) is 29.8. The summed E-state index contributed by atoms with van der Waals surface area (Å²) in [5, 5.41) is 7.72. The molecule has 1 aromatic rings. The van der Waals surface area contributed by atoms with Crippen molar-refractivity contribution in [3.63, 3.8) is 0 Å². The lowest BCUT2D eigenvalue weighted by atomic mass is 10.0. The summed E-state index contributed by atoms with van der Waals surface area (Å²) in [5.74, 6) is 2.05. The number of benzene rings is 1. The number of nitrogens with one attached hydrogen (secondary N) is 4. The van der Waals surface area contributed by atoms with E-state index in [9.17, 15) is 24.0 Å². The Kier molecular flexibility index (Phi) is 13.4. The van der Waals surface area contributed by atoms with Gasteiger partial charge in [-0.3, -0.25) is 24.6 Å². The maximum Gasteiger partial charge on any atom is 0.408 e. The van der Waals surface area contributed by atoms with E-state index in [-0.39, 0.29) is 31.3 Å². The quantitative estimate of drug-likeness (QED) is 0.107. The molecule has 0 aliphatic rings. The highest BCUT2D eigenvalue weighted by molar-refractivity contribution is 5.94. The number of carbonyl (C=O) groups is 5. The average molecular weight is 550 g/mol. The third-order valence-electron chi connectivity index (χ3n) is 5.51. The number of rotatable bonds is 13. The molecule has 0 aliphatic carbocycles. The monoisotopic (exact) mass is 549 g/mol. The fourth-order valence-corrected chi connectivity index (χ4v) is 3.49. The molecule has 12 nitrogen and oxygen atoms in total. The molecule has 0 spiro atoms. The van der Waals surface area contributed by atoms with Crippen LogP contribution in [0.25, 0.3) is 0 Å². The van der Waals surface area contributed by atoms with Crippen molar-refractivity contribution >= 4 is 29.8 Å². The maximum atomic E-state index is 13.2. The van der Waals surface area contributed by atoms with Crippen LogP contribution < -0.4 is 27.2 Å². The van der Waals surface area contributed by atoms with E-state index in [0.717, 1.165) is 5.56 Å². The summed E-state index contributed by atoms with van der Waals surface area (Å²) in [7, 11) is 0. The minimum Gasteiger partial charge on any atom is -0.460 e. The molecule has 0 aliphatic heterocycles. The third kappa shape index (κ3) is 12.6. The summed E-state index contributed by atoms with van der Waals surface area (Å²) in [6.45, 7) is 12.0. The second-order valence-corrected chi connectivity index (χ2v) is 10.9. The second kappa shape index (κ2) is 15.7. The molecule has 4 amide bonds. The van der Waals surface area contributed by atoms with Crippen LogP contribution in [-0.2, 0) is 35.3 Å². The van der Waals surface area contributed by atoms with Crippen LogP contribution in [0.2, 0.25) is 0 Å². The van der Waals surface area contributed by atoms with Crippen molar-refractivity contribution in [2.24, 2.45) is 17.7 Å². The molecule has 0 saturated heterocycles. The van der Waals surface area contributed by atoms with E-state index in [2.05, 4.69) is 16.0 Å². The minimum absolute atomic E-state index is 0.0137. The van der Waals surface area contributed by atoms with Crippen molar-refractivity contribution in [2.75, 3.05) is 0 Å². The number of carbonyl (C=O) groups excluding carboxylic acids is 5. The molecular weight excluding hydrogens is 506 g/mol. The zero-order valence-corrected chi connectivity index (χ0v) is 23.8. The largest absolute Gasteiger partial charge is 0.460 e. The fraction of sp³-hybridized carbons (Fsp3) is 0.593. The van der Waals surface area contributed by atoms with Gasteiger partial charge in [0.15, 0.2) is 0 Å². The molecule has 6 N–H and O–H groups in total. The number of hydrazine groups is 1. The first-order chi connectivity index (χ1) is 18.1. The van der Waals surface area contributed by atoms with E-state index in [4.69, 9.17) is 15.3 Å². The van der Waals surface area contributed by atoms with Gasteiger partial charge in [0.2, 0.25) is 11.8 Å². The zero-order valence-electron chi connectivity index (χ0n) is 23.8. The Hall–Kier alpha value is -3.67. The second-order valence-electron chi connectivity index (χ2n) is 10.9. The normalized spacial score (nSPS) is 13.6. The first-order valence-corrected chi connectivity index (χ1v) is 12.9. The highest BCUT2D eigenvalue weighted by atomic mass is 16.6. The van der Waals surface area contributed by atoms with E-state index in [0.29, 0.717) is 0 Å². The summed E-state index contributed by atoms with van der Waals surface area (Å²) in [4.78, 5) is 63.3. The van der Waals surface area contributed by atoms with E-state index < -0.39 is 53.5 Å². The molecule has 12 heteroatoms. The van der Waals surface area contributed by atoms with Crippen LogP contribution in [0, 0.1) is 11.8 Å². The standard InChI is InChI=1S/C27H43N5O7/c1-16(2)21(31-26(37)38-15-18-11-9-8-10-12-18)24(35)29-19(13-14-20(33)39-27(5,6)7)23(34)30-22(17(3)4)25(36)32-28/h8-12,16-17,19,21-22H,13-15,28H2,1-7H3,(H,29,35)(H,30,34)(H,31,37)(H,32,36)/t19-,21-,22-/m0/s1. The molecule has 0 heterocycles. The Balaban J connectivity index is 3.00. The summed E-state index contributed by atoms with van der Waals surface area (Å²) in [5.41, 5.74) is 2.06. The van der Waals surface area contributed by atoms with Crippen LogP contribution in [0.5, 0.6) is 0 Å². The summed E-state index contributed by atoms with van der Waals surface area (Å²) >= 11 is 0. The van der Waals surface area contributed by atoms with Crippen LogP contribution >= 0.6 is 0 Å². The number of hydrogen-bond acceptors (Lipinski definition) is 8. The van der Waals surface area contributed by atoms with Crippen LogP contribution in [0.3, 0.4) is 0 Å². The third-order valence-corrected chi connectivity index (χ3v) is 5.51. The van der Waals surface area contributed by atoms with Crippen LogP contribution in [0.15, 0.2) is 30.3 Å². The van der Waals surface area contributed by atoms with Crippen LogP contribution in [0.4, 0.5) is 4.79 Å². The minimum atomic E-state index is -1.21. The lowest BCUT2D eigenvalue weighted by molar-refractivity contribution is -0.155. The summed E-state index contributed by atoms with van der Waals surface area (Å²) in [6, 6.07) is 5.82. The van der Waals surface area contributed by atoms with Gasteiger partial charge in [0, 0.05) is 6.42 Å². The molecule has 0 bridgehead atoms. The Bertz CT molecular complexity index is 976. The van der Waals surface area contributed by atoms with Gasteiger partial charge in [-0.1, -0.05) is 58.0 Å². The first-order valence-electron chi connectivity index (χ1n) is 12.9. The Labute approximate surface area is 230 Å². The molecule has 0 unspecified atom stereocenters. The lowest BCUT2D eigenvalue weighted by Gasteiger charge is -2.27. The number of hydrogen-bond donors (Lipinski definition) is 5. The van der Waals surface area contributed by atoms with Crippen LogP contribution in [0.1, 0.15) is 66.9 Å². The van der Waals surface area contributed by atoms with Crippen molar-refractivity contribution in [1.29, 1.82) is 0 Å². The first kappa shape index (κ1) is 33.4. The smallest absolute Gasteiger partial charge is 0.408 e. The topological polar surface area (TPSA) is 178 Å². The van der Waals surface area contributed by atoms with E-state index >= 15 is 0 Å². The Morgan fingerprint density at radius 2 is 1.38 bits per heavy atom. The molecule has 3 atom stereocenters. The Morgan fingerprint density at radius 3 is 1.90 bits per heavy atom. The van der Waals surface area contributed by atoms with Crippen molar-refractivity contribution in [3.8, 4) is 0 Å². The molecule has 0 saturated carbocycles.